The summed E-state index contributed by atoms with van der Waals surface area (Å²) in [5.41, 5.74) is 1.34. The summed E-state index contributed by atoms with van der Waals surface area (Å²) in [4.78, 5) is 11.3. The number of carbonyl (C=O) groups is 1. The molecule has 0 saturated heterocycles. The van der Waals surface area contributed by atoms with Gasteiger partial charge in [-0.3, -0.25) is 4.79 Å². The molecule has 0 aliphatic rings. The van der Waals surface area contributed by atoms with E-state index in [2.05, 4.69) is 5.32 Å². The number of hydrogen-bond donors (Lipinski definition) is 2. The van der Waals surface area contributed by atoms with Gasteiger partial charge in [-0.15, -0.1) is 0 Å². The lowest BCUT2D eigenvalue weighted by Crippen LogP contribution is -2.30. The summed E-state index contributed by atoms with van der Waals surface area (Å²) >= 11 is 0. The third-order valence-corrected chi connectivity index (χ3v) is 3.40. The van der Waals surface area contributed by atoms with Crippen molar-refractivity contribution in [2.75, 3.05) is 14.2 Å². The molecule has 2 N–H and O–H groups in total. The van der Waals surface area contributed by atoms with Crippen LogP contribution in [-0.2, 0) is 4.79 Å². The van der Waals surface area contributed by atoms with Crippen molar-refractivity contribution in [3.8, 4) is 5.75 Å². The quantitative estimate of drug-likeness (QED) is 0.830. The molecule has 4 nitrogen and oxygen atoms in total. The van der Waals surface area contributed by atoms with Gasteiger partial charge in [0.25, 0.3) is 0 Å². The molecule has 1 atom stereocenters. The highest BCUT2D eigenvalue weighted by Gasteiger charge is 2.31. The first kappa shape index (κ1) is 15.5. The summed E-state index contributed by atoms with van der Waals surface area (Å²) in [5, 5.41) is 12.4. The van der Waals surface area contributed by atoms with Crippen LogP contribution in [0.3, 0.4) is 0 Å². The number of carboxylic acids is 1. The standard InChI is InChI=1S/C15H23NO3/c1-10-6-7-13(19-5)11(8-10)12(16-4)9-15(2,3)14(17)18/h6-8,12,16H,9H2,1-5H3,(H,17,18). The number of carboxylic acid groups (broad SMARTS) is 1. The molecule has 106 valence electrons. The summed E-state index contributed by atoms with van der Waals surface area (Å²) in [6.07, 6.45) is 0.499. The van der Waals surface area contributed by atoms with Crippen LogP contribution in [0.25, 0.3) is 0 Å². The fraction of sp³-hybridized carbons (Fsp3) is 0.533. The minimum atomic E-state index is -0.792. The van der Waals surface area contributed by atoms with Crippen molar-refractivity contribution in [2.24, 2.45) is 5.41 Å². The fourth-order valence-electron chi connectivity index (χ4n) is 2.09. The molecule has 0 spiro atoms. The Morgan fingerprint density at radius 2 is 2.11 bits per heavy atom. The summed E-state index contributed by atoms with van der Waals surface area (Å²) < 4.78 is 5.37. The topological polar surface area (TPSA) is 58.6 Å². The van der Waals surface area contributed by atoms with Gasteiger partial charge in [0.1, 0.15) is 5.75 Å². The molecule has 0 amide bonds. The van der Waals surface area contributed by atoms with Crippen LogP contribution in [0.5, 0.6) is 5.75 Å². The molecule has 1 aromatic rings. The predicted molar refractivity (Wildman–Crippen MR) is 75.6 cm³/mol. The Morgan fingerprint density at radius 1 is 1.47 bits per heavy atom. The number of nitrogens with one attached hydrogen (secondary N) is 1. The predicted octanol–water partition coefficient (Wildman–Crippen LogP) is 2.77. The lowest BCUT2D eigenvalue weighted by molar-refractivity contribution is -0.147. The van der Waals surface area contributed by atoms with Crippen molar-refractivity contribution in [3.05, 3.63) is 29.3 Å². The Bertz CT molecular complexity index is 455. The van der Waals surface area contributed by atoms with Gasteiger partial charge in [-0.25, -0.2) is 0 Å². The van der Waals surface area contributed by atoms with E-state index < -0.39 is 11.4 Å². The van der Waals surface area contributed by atoms with Gasteiger partial charge < -0.3 is 15.2 Å². The van der Waals surface area contributed by atoms with Crippen LogP contribution >= 0.6 is 0 Å². The number of aliphatic carboxylic acids is 1. The maximum atomic E-state index is 11.3. The molecule has 4 heteroatoms. The molecule has 0 radical (unpaired) electrons. The van der Waals surface area contributed by atoms with E-state index in [1.165, 1.54) is 0 Å². The zero-order valence-corrected chi connectivity index (χ0v) is 12.3. The van der Waals surface area contributed by atoms with Gasteiger partial charge in [0.05, 0.1) is 12.5 Å². The smallest absolute Gasteiger partial charge is 0.309 e. The molecule has 1 rings (SSSR count). The summed E-state index contributed by atoms with van der Waals surface area (Å²) in [7, 11) is 3.47. The normalized spacial score (nSPS) is 13.1. The number of ether oxygens (including phenoxy) is 1. The van der Waals surface area contributed by atoms with E-state index in [9.17, 15) is 9.90 Å². The van der Waals surface area contributed by atoms with E-state index in [1.54, 1.807) is 21.0 Å². The lowest BCUT2D eigenvalue weighted by atomic mass is 9.83. The molecule has 1 aromatic carbocycles. The SMILES string of the molecule is CNC(CC(C)(C)C(=O)O)c1cc(C)ccc1OC. The molecule has 0 heterocycles. The molecule has 19 heavy (non-hydrogen) atoms. The molecule has 0 aliphatic heterocycles. The van der Waals surface area contributed by atoms with Gasteiger partial charge in [0.15, 0.2) is 0 Å². The number of rotatable bonds is 6. The van der Waals surface area contributed by atoms with E-state index in [0.717, 1.165) is 16.9 Å². The fourth-order valence-corrected chi connectivity index (χ4v) is 2.09. The van der Waals surface area contributed by atoms with E-state index >= 15 is 0 Å². The molecule has 1 unspecified atom stereocenters. The highest BCUT2D eigenvalue weighted by atomic mass is 16.5. The van der Waals surface area contributed by atoms with Gasteiger partial charge in [-0.1, -0.05) is 17.7 Å². The molecular weight excluding hydrogens is 242 g/mol. The Labute approximate surface area is 114 Å². The first-order valence-electron chi connectivity index (χ1n) is 6.37. The van der Waals surface area contributed by atoms with Crippen LogP contribution in [0.4, 0.5) is 0 Å². The van der Waals surface area contributed by atoms with Crippen molar-refractivity contribution in [3.63, 3.8) is 0 Å². The molecule has 0 bridgehead atoms. The first-order chi connectivity index (χ1) is 8.81. The van der Waals surface area contributed by atoms with Crippen LogP contribution < -0.4 is 10.1 Å². The maximum Gasteiger partial charge on any atom is 0.309 e. The number of hydrogen-bond acceptors (Lipinski definition) is 3. The molecular formula is C15H23NO3. The summed E-state index contributed by atoms with van der Waals surface area (Å²) in [5.74, 6) is -0.00879. The molecule has 0 aromatic heterocycles. The van der Waals surface area contributed by atoms with Crippen LogP contribution in [0.15, 0.2) is 18.2 Å². The first-order valence-corrected chi connectivity index (χ1v) is 6.37. The monoisotopic (exact) mass is 265 g/mol. The number of benzene rings is 1. The average molecular weight is 265 g/mol. The third-order valence-electron chi connectivity index (χ3n) is 3.40. The molecule has 0 aliphatic carbocycles. The highest BCUT2D eigenvalue weighted by Crippen LogP contribution is 2.34. The van der Waals surface area contributed by atoms with Crippen LogP contribution in [0.1, 0.15) is 37.4 Å². The van der Waals surface area contributed by atoms with Gasteiger partial charge in [0, 0.05) is 11.6 Å². The third kappa shape index (κ3) is 3.70. The van der Waals surface area contributed by atoms with Crippen molar-refractivity contribution in [2.45, 2.75) is 33.2 Å². The zero-order valence-electron chi connectivity index (χ0n) is 12.3. The van der Waals surface area contributed by atoms with Crippen LogP contribution in [-0.4, -0.2) is 25.2 Å². The summed E-state index contributed by atoms with van der Waals surface area (Å²) in [6.45, 7) is 5.49. The lowest BCUT2D eigenvalue weighted by Gasteiger charge is -2.27. The number of aryl methyl sites for hydroxylation is 1. The van der Waals surface area contributed by atoms with E-state index in [0.29, 0.717) is 6.42 Å². The maximum absolute atomic E-state index is 11.3. The van der Waals surface area contributed by atoms with Gasteiger partial charge in [-0.2, -0.15) is 0 Å². The van der Waals surface area contributed by atoms with E-state index in [1.807, 2.05) is 32.2 Å². The molecule has 0 saturated carbocycles. The minimum absolute atomic E-state index is 0.0547. The average Bonchev–Trinajstić information content (AvgIpc) is 2.35. The van der Waals surface area contributed by atoms with Crippen molar-refractivity contribution >= 4 is 5.97 Å². The molecule has 0 fully saturated rings. The van der Waals surface area contributed by atoms with E-state index in [-0.39, 0.29) is 6.04 Å². The Kier molecular flexibility index (Phi) is 4.95. The van der Waals surface area contributed by atoms with Crippen LogP contribution in [0.2, 0.25) is 0 Å². The van der Waals surface area contributed by atoms with Crippen molar-refractivity contribution in [1.29, 1.82) is 0 Å². The number of methoxy groups -OCH3 is 1. The second-order valence-electron chi connectivity index (χ2n) is 5.48. The van der Waals surface area contributed by atoms with Crippen molar-refractivity contribution in [1.82, 2.24) is 5.32 Å². The van der Waals surface area contributed by atoms with E-state index in [4.69, 9.17) is 4.74 Å². The largest absolute Gasteiger partial charge is 0.496 e. The second-order valence-corrected chi connectivity index (χ2v) is 5.48. The minimum Gasteiger partial charge on any atom is -0.496 e. The van der Waals surface area contributed by atoms with Gasteiger partial charge >= 0.3 is 5.97 Å². The van der Waals surface area contributed by atoms with Crippen LogP contribution in [0, 0.1) is 12.3 Å². The Hall–Kier alpha value is -1.55. The summed E-state index contributed by atoms with van der Waals surface area (Å²) in [6, 6.07) is 5.89. The highest BCUT2D eigenvalue weighted by molar-refractivity contribution is 5.73. The van der Waals surface area contributed by atoms with Crippen molar-refractivity contribution < 1.29 is 14.6 Å². The Morgan fingerprint density at radius 3 is 2.58 bits per heavy atom. The Balaban J connectivity index is 3.10. The van der Waals surface area contributed by atoms with Gasteiger partial charge in [0.2, 0.25) is 0 Å². The van der Waals surface area contributed by atoms with Gasteiger partial charge in [-0.05, 0) is 40.3 Å². The zero-order chi connectivity index (χ0) is 14.6. The second kappa shape index (κ2) is 6.06.